The molecule has 0 amide bonds. The molecular formula is C17H16ClNO3S. The Morgan fingerprint density at radius 3 is 2.91 bits per heavy atom. The van der Waals surface area contributed by atoms with Crippen LogP contribution in [0.4, 0.5) is 0 Å². The number of ether oxygens (including phenoxy) is 1. The molecule has 3 rings (SSSR count). The van der Waals surface area contributed by atoms with Crippen LogP contribution < -0.4 is 10.2 Å². The largest absolute Gasteiger partial charge is 0.457 e. The fraction of sp³-hybridized carbons (Fsp3) is 0.235. The molecule has 1 aliphatic rings. The van der Waals surface area contributed by atoms with Crippen molar-refractivity contribution in [1.29, 1.82) is 0 Å². The molecule has 0 aromatic heterocycles. The van der Waals surface area contributed by atoms with Crippen molar-refractivity contribution in [2.75, 3.05) is 6.54 Å². The number of rotatable bonds is 7. The van der Waals surface area contributed by atoms with Gasteiger partial charge in [-0.1, -0.05) is 23.7 Å². The normalized spacial score (nSPS) is 12.7. The molecule has 0 saturated heterocycles. The predicted octanol–water partition coefficient (Wildman–Crippen LogP) is 4.10. The maximum Gasteiger partial charge on any atom is 0.312 e. The number of carbonyl (C=O) groups is 1. The molecule has 0 atom stereocenters. The highest BCUT2D eigenvalue weighted by molar-refractivity contribution is 7.98. The number of benzene rings is 2. The van der Waals surface area contributed by atoms with Crippen molar-refractivity contribution in [3.63, 3.8) is 0 Å². The lowest BCUT2D eigenvalue weighted by Crippen LogP contribution is -2.17. The van der Waals surface area contributed by atoms with E-state index in [1.807, 2.05) is 30.0 Å². The summed E-state index contributed by atoms with van der Waals surface area (Å²) in [6.07, 6.45) is 0.654. The summed E-state index contributed by atoms with van der Waals surface area (Å²) in [5.74, 6) is 3.63. The van der Waals surface area contributed by atoms with Gasteiger partial charge in [0.1, 0.15) is 11.5 Å². The van der Waals surface area contributed by atoms with Crippen LogP contribution in [0.5, 0.6) is 11.5 Å². The number of thioether (sulfide) groups is 1. The molecule has 0 radical (unpaired) electrons. The summed E-state index contributed by atoms with van der Waals surface area (Å²) in [4.78, 5) is 14.6. The van der Waals surface area contributed by atoms with E-state index in [-0.39, 0.29) is 0 Å². The van der Waals surface area contributed by atoms with Crippen LogP contribution in [0.15, 0.2) is 36.4 Å². The Bertz CT molecular complexity index is 708. The second kappa shape index (κ2) is 7.73. The van der Waals surface area contributed by atoms with Crippen LogP contribution in [0.1, 0.15) is 16.7 Å². The van der Waals surface area contributed by atoms with Gasteiger partial charge in [0.15, 0.2) is 0 Å². The van der Waals surface area contributed by atoms with Gasteiger partial charge in [0.25, 0.3) is 0 Å². The molecule has 0 fully saturated rings. The van der Waals surface area contributed by atoms with Crippen LogP contribution in [-0.4, -0.2) is 13.0 Å². The third-order valence-electron chi connectivity index (χ3n) is 3.58. The molecule has 0 unspecified atom stereocenters. The van der Waals surface area contributed by atoms with E-state index in [0.717, 1.165) is 28.6 Å². The number of hydrogen-bond acceptors (Lipinski definition) is 5. The minimum atomic E-state index is 0.363. The van der Waals surface area contributed by atoms with Crippen LogP contribution in [-0.2, 0) is 27.6 Å². The highest BCUT2D eigenvalue weighted by Crippen LogP contribution is 2.35. The molecule has 0 saturated carbocycles. The van der Waals surface area contributed by atoms with Crippen LogP contribution in [0.25, 0.3) is 0 Å². The molecule has 6 heteroatoms. The molecule has 23 heavy (non-hydrogen) atoms. The Hall–Kier alpha value is -1.69. The number of fused-ring (bicyclic) bond motifs is 1. The predicted molar refractivity (Wildman–Crippen MR) is 91.8 cm³/mol. The van der Waals surface area contributed by atoms with E-state index in [1.54, 1.807) is 6.07 Å². The minimum Gasteiger partial charge on any atom is -0.457 e. The average molecular weight is 350 g/mol. The zero-order chi connectivity index (χ0) is 16.1. The zero-order valence-electron chi connectivity index (χ0n) is 12.4. The fourth-order valence-electron chi connectivity index (χ4n) is 2.45. The van der Waals surface area contributed by atoms with Gasteiger partial charge in [0, 0.05) is 23.1 Å². The Balaban J connectivity index is 1.75. The van der Waals surface area contributed by atoms with Crippen LogP contribution in [0, 0.1) is 0 Å². The lowest BCUT2D eigenvalue weighted by molar-refractivity contribution is -0.135. The van der Waals surface area contributed by atoms with Gasteiger partial charge in [-0.2, -0.15) is 17.2 Å². The van der Waals surface area contributed by atoms with Crippen molar-refractivity contribution in [3.05, 3.63) is 58.1 Å². The highest BCUT2D eigenvalue weighted by Gasteiger charge is 2.13. The lowest BCUT2D eigenvalue weighted by Gasteiger charge is -2.13. The van der Waals surface area contributed by atoms with E-state index in [2.05, 4.69) is 22.5 Å². The number of hydrogen-bond donors (Lipinski definition) is 1. The second-order valence-corrected chi connectivity index (χ2v) is 6.56. The minimum absolute atomic E-state index is 0.363. The van der Waals surface area contributed by atoms with Crippen LogP contribution in [0.3, 0.4) is 0 Å². The van der Waals surface area contributed by atoms with Crippen molar-refractivity contribution in [2.45, 2.75) is 17.9 Å². The summed E-state index contributed by atoms with van der Waals surface area (Å²) in [5, 5.41) is 0.623. The smallest absolute Gasteiger partial charge is 0.312 e. The van der Waals surface area contributed by atoms with Crippen molar-refractivity contribution in [1.82, 2.24) is 5.48 Å². The summed E-state index contributed by atoms with van der Waals surface area (Å²) >= 11 is 8.00. The number of hydroxylamine groups is 1. The van der Waals surface area contributed by atoms with Crippen LogP contribution in [0.2, 0.25) is 5.02 Å². The van der Waals surface area contributed by atoms with E-state index in [0.29, 0.717) is 24.5 Å². The molecule has 0 aliphatic carbocycles. The maximum atomic E-state index is 10.1. The third kappa shape index (κ3) is 4.19. The molecule has 120 valence electrons. The Morgan fingerprint density at radius 2 is 2.04 bits per heavy atom. The molecule has 1 N–H and O–H groups in total. The van der Waals surface area contributed by atoms with Crippen LogP contribution >= 0.6 is 23.4 Å². The Kier molecular flexibility index (Phi) is 5.43. The van der Waals surface area contributed by atoms with Gasteiger partial charge >= 0.3 is 6.47 Å². The SMILES string of the molecule is O=CONCCc1ccc(Cl)cc1Oc1ccc2c(c1)CSC2. The monoisotopic (exact) mass is 349 g/mol. The standard InChI is InChI=1S/C17H16ClNO3S/c18-15-3-1-12(5-6-19-21-11-20)17(8-15)22-16-4-2-13-9-23-10-14(13)7-16/h1-4,7-8,11,19H,5-6,9-10H2. The van der Waals surface area contributed by atoms with E-state index in [4.69, 9.17) is 16.3 Å². The van der Waals surface area contributed by atoms with Crippen molar-refractivity contribution in [2.24, 2.45) is 0 Å². The average Bonchev–Trinajstić information content (AvgIpc) is 3.01. The Labute approximate surface area is 144 Å². The maximum absolute atomic E-state index is 10.1. The summed E-state index contributed by atoms with van der Waals surface area (Å²) in [5.41, 5.74) is 6.27. The topological polar surface area (TPSA) is 47.6 Å². The van der Waals surface area contributed by atoms with Crippen molar-refractivity contribution < 1.29 is 14.4 Å². The van der Waals surface area contributed by atoms with Gasteiger partial charge in [-0.3, -0.25) is 4.79 Å². The fourth-order valence-corrected chi connectivity index (χ4v) is 3.70. The first kappa shape index (κ1) is 16.2. The molecule has 1 heterocycles. The number of halogens is 1. The molecule has 1 aliphatic heterocycles. The number of carbonyl (C=O) groups excluding carboxylic acids is 1. The van der Waals surface area contributed by atoms with Gasteiger partial charge in [-0.15, -0.1) is 0 Å². The lowest BCUT2D eigenvalue weighted by atomic mass is 10.1. The quantitative estimate of drug-likeness (QED) is 0.463. The molecule has 0 bridgehead atoms. The van der Waals surface area contributed by atoms with E-state index >= 15 is 0 Å². The summed E-state index contributed by atoms with van der Waals surface area (Å²) < 4.78 is 6.04. The van der Waals surface area contributed by atoms with Crippen molar-refractivity contribution >= 4 is 29.8 Å². The summed E-state index contributed by atoms with van der Waals surface area (Å²) in [6, 6.07) is 11.7. The first-order chi connectivity index (χ1) is 11.3. The molecule has 2 aromatic rings. The van der Waals surface area contributed by atoms with Gasteiger partial charge < -0.3 is 9.57 Å². The summed E-state index contributed by atoms with van der Waals surface area (Å²) in [7, 11) is 0. The van der Waals surface area contributed by atoms with E-state index in [1.165, 1.54) is 11.1 Å². The zero-order valence-corrected chi connectivity index (χ0v) is 14.0. The van der Waals surface area contributed by atoms with Gasteiger partial charge in [0.05, 0.1) is 0 Å². The van der Waals surface area contributed by atoms with Gasteiger partial charge in [-0.25, -0.2) is 0 Å². The molecule has 2 aromatic carbocycles. The van der Waals surface area contributed by atoms with E-state index < -0.39 is 0 Å². The Morgan fingerprint density at radius 1 is 1.17 bits per heavy atom. The van der Waals surface area contributed by atoms with E-state index in [9.17, 15) is 4.79 Å². The molecular weight excluding hydrogens is 334 g/mol. The second-order valence-electron chi connectivity index (χ2n) is 5.14. The first-order valence-corrected chi connectivity index (χ1v) is 8.77. The third-order valence-corrected chi connectivity index (χ3v) is 4.84. The van der Waals surface area contributed by atoms with Gasteiger partial charge in [-0.05, 0) is 47.4 Å². The summed E-state index contributed by atoms with van der Waals surface area (Å²) in [6.45, 7) is 0.861. The molecule has 0 spiro atoms. The first-order valence-electron chi connectivity index (χ1n) is 7.24. The van der Waals surface area contributed by atoms with Crippen molar-refractivity contribution in [3.8, 4) is 11.5 Å². The highest BCUT2D eigenvalue weighted by atomic mass is 35.5. The number of nitrogens with one attached hydrogen (secondary N) is 1. The molecule has 4 nitrogen and oxygen atoms in total. The van der Waals surface area contributed by atoms with Gasteiger partial charge in [0.2, 0.25) is 0 Å².